The van der Waals surface area contributed by atoms with Gasteiger partial charge in [-0.3, -0.25) is 39.6 Å². The van der Waals surface area contributed by atoms with Crippen LogP contribution in [-0.2, 0) is 47.9 Å². The van der Waals surface area contributed by atoms with Crippen molar-refractivity contribution in [2.45, 2.75) is 65.0 Å². The normalized spacial score (nSPS) is 12.2. The summed E-state index contributed by atoms with van der Waals surface area (Å²) in [6.07, 6.45) is 1.41. The van der Waals surface area contributed by atoms with Crippen LogP contribution < -0.4 is 21.5 Å². The second-order valence-electron chi connectivity index (χ2n) is 20.7. The summed E-state index contributed by atoms with van der Waals surface area (Å²) in [5, 5.41) is 29.4. The van der Waals surface area contributed by atoms with Crippen molar-refractivity contribution in [3.63, 3.8) is 0 Å². The Bertz CT molecular complexity index is 4710. The third-order valence-electron chi connectivity index (χ3n) is 14.1. The van der Waals surface area contributed by atoms with E-state index in [0.29, 0.717) is 52.8 Å². The molecular formula is C62H50Cl3F15N16O4. The van der Waals surface area contributed by atoms with Gasteiger partial charge in [-0.2, -0.15) is 51.8 Å². The van der Waals surface area contributed by atoms with Crippen LogP contribution in [0, 0.1) is 66.2 Å². The number of hydrogen-bond donors (Lipinski definition) is 4. The van der Waals surface area contributed by atoms with Crippen molar-refractivity contribution < 1.29 is 85.3 Å². The molecule has 9 heterocycles. The number of aliphatic carboxylic acids is 1. The summed E-state index contributed by atoms with van der Waals surface area (Å²) < 4.78 is 199. The van der Waals surface area contributed by atoms with Crippen LogP contribution in [0.15, 0.2) is 128 Å². The van der Waals surface area contributed by atoms with Crippen LogP contribution in [0.25, 0.3) is 28.1 Å². The van der Waals surface area contributed by atoms with Gasteiger partial charge in [0.2, 0.25) is 5.91 Å². The summed E-state index contributed by atoms with van der Waals surface area (Å²) in [6, 6.07) is 19.2. The number of halogens is 18. The fourth-order valence-corrected chi connectivity index (χ4v) is 9.91. The maximum Gasteiger partial charge on any atom is 0.436 e. The maximum absolute atomic E-state index is 14.2. The molecule has 4 aromatic carbocycles. The number of aromatic nitrogens is 12. The molecule has 0 saturated carbocycles. The van der Waals surface area contributed by atoms with Gasteiger partial charge in [0, 0.05) is 49.7 Å². The number of carbonyl (C=O) groups excluding carboxylic acids is 2. The van der Waals surface area contributed by atoms with Gasteiger partial charge in [-0.25, -0.2) is 53.6 Å². The van der Waals surface area contributed by atoms with Crippen molar-refractivity contribution in [2.75, 3.05) is 28.7 Å². The molecule has 0 fully saturated rings. The lowest BCUT2D eigenvalue weighted by atomic mass is 10.1. The van der Waals surface area contributed by atoms with Crippen molar-refractivity contribution in [1.82, 2.24) is 58.9 Å². The molecule has 7 aromatic heterocycles. The molecule has 11 aromatic rings. The summed E-state index contributed by atoms with van der Waals surface area (Å²) >= 11 is 11.1. The number of pyridine rings is 2. The first-order chi connectivity index (χ1) is 46.9. The van der Waals surface area contributed by atoms with E-state index in [-0.39, 0.29) is 52.2 Å². The molecule has 100 heavy (non-hydrogen) atoms. The number of hydrazine groups is 1. The molecule has 0 atom stereocenters. The highest BCUT2D eigenvalue weighted by Gasteiger charge is 2.40. The van der Waals surface area contributed by atoms with Crippen LogP contribution in [0.5, 0.6) is 0 Å². The van der Waals surface area contributed by atoms with E-state index in [0.717, 1.165) is 71.8 Å². The van der Waals surface area contributed by atoms with Crippen LogP contribution in [0.3, 0.4) is 0 Å². The Balaban J connectivity index is 0.000000177. The number of rotatable bonds is 9. The number of hydrogen-bond acceptors (Lipinski definition) is 13. The van der Waals surface area contributed by atoms with Crippen molar-refractivity contribution in [1.29, 1.82) is 0 Å². The van der Waals surface area contributed by atoms with Gasteiger partial charge in [0.1, 0.15) is 64.6 Å². The Kier molecular flexibility index (Phi) is 25.6. The van der Waals surface area contributed by atoms with Gasteiger partial charge in [-0.05, 0) is 112 Å². The molecule has 0 unspecified atom stereocenters. The largest absolute Gasteiger partial charge is 0.480 e. The highest BCUT2D eigenvalue weighted by atomic mass is 35.5. The Hall–Kier alpha value is -10.5. The molecule has 13 rings (SSSR count). The van der Waals surface area contributed by atoms with Gasteiger partial charge < -0.3 is 20.7 Å². The van der Waals surface area contributed by atoms with Gasteiger partial charge in [-0.1, -0.05) is 23.2 Å². The highest BCUT2D eigenvalue weighted by molar-refractivity contribution is 6.32. The van der Waals surface area contributed by atoms with Crippen molar-refractivity contribution >= 4 is 81.9 Å². The van der Waals surface area contributed by atoms with Crippen LogP contribution >= 0.6 is 35.6 Å². The monoisotopic (exact) mass is 1470 g/mol. The van der Waals surface area contributed by atoms with Gasteiger partial charge in [0.05, 0.1) is 74.0 Å². The summed E-state index contributed by atoms with van der Waals surface area (Å²) in [7, 11) is 0. The Morgan fingerprint density at radius 3 is 1.57 bits per heavy atom. The molecule has 0 radical (unpaired) electrons. The summed E-state index contributed by atoms with van der Waals surface area (Å²) in [6.45, 7) is 2.72. The SMILES string of the molecule is Cc1c(Cl)c(C(F)(F)F)nn1CC(=O)N1CCCc2c1cnn2-c1ccc(F)cc1F.Cc1c(Cl)c(C(F)(F)F)nn1CC(=O)O.Cl.Fc1ccc(-n2ncc3c2CCCN3)c(F)c1.Fc1ccc(-n2ncc3ncccc32)c(F)c1.NNc1ccc(F)cc1F.O=Cc1ncccc1F. The zero-order chi connectivity index (χ0) is 72.2. The minimum absolute atomic E-state index is 0. The summed E-state index contributed by atoms with van der Waals surface area (Å²) in [4.78, 5) is 42.0. The van der Waals surface area contributed by atoms with E-state index in [1.807, 2.05) is 0 Å². The quantitative estimate of drug-likeness (QED) is 0.0455. The highest BCUT2D eigenvalue weighted by Crippen LogP contribution is 2.38. The van der Waals surface area contributed by atoms with Crippen LogP contribution in [0.4, 0.5) is 82.9 Å². The summed E-state index contributed by atoms with van der Waals surface area (Å²) in [5.41, 5.74) is 4.19. The Morgan fingerprint density at radius 2 is 1.08 bits per heavy atom. The first-order valence-corrected chi connectivity index (χ1v) is 29.3. The van der Waals surface area contributed by atoms with Crippen molar-refractivity contribution in [3.05, 3.63) is 230 Å². The standard InChI is InChI=1S/C19H15ClF5N5O.C12H11F2N3.C12H7F2N3.C7H6ClF3N2O2.C6H6F2N2.C6H4FNO.ClH/c1-10-17(20)18(19(23,24)25)27-29(10)9-16(31)28-6-2-3-14-15(28)8-26-30(14)13-5-4-11(21)7-12(13)22;2*13-8-3-4-11(9(14)6-8)17-12-2-1-5-15-10(12)7-16-17;1-3-5(8)6(7(9,10)11)12-13(3)2-4(14)15;7-4-1-2-6(10-9)5(8)3-4;7-5-2-1-3-8-6(5)4-9;/h4-5,7-8H,2-3,6,9H2,1H3;3-4,6-7,15H,1-2,5H2;1-7H;2H2,1H3,(H,14,15);1-3,10H,9H2;1-4H;1H. The van der Waals surface area contributed by atoms with Crippen molar-refractivity contribution in [2.24, 2.45) is 5.84 Å². The number of nitrogens with two attached hydrogens (primary N) is 1. The molecular weight excluding hydrogens is 1420 g/mol. The van der Waals surface area contributed by atoms with Crippen LogP contribution in [0.1, 0.15) is 57.5 Å². The van der Waals surface area contributed by atoms with Crippen LogP contribution in [0.2, 0.25) is 10.0 Å². The van der Waals surface area contributed by atoms with Crippen LogP contribution in [-0.4, -0.2) is 95.2 Å². The molecule has 2 aliphatic heterocycles. The molecule has 0 bridgehead atoms. The zero-order valence-corrected chi connectivity index (χ0v) is 53.6. The number of carboxylic acid groups (broad SMARTS) is 1. The lowest BCUT2D eigenvalue weighted by molar-refractivity contribution is -0.143. The second kappa shape index (κ2) is 33.4. The first kappa shape index (κ1) is 76.8. The fraction of sp³-hybridized carbons (Fsp3) is 0.194. The van der Waals surface area contributed by atoms with E-state index < -0.39 is 111 Å². The average Bonchev–Trinajstić information content (AvgIpc) is 1.62. The number of carboxylic acids is 1. The maximum atomic E-state index is 14.2. The zero-order valence-electron chi connectivity index (χ0n) is 51.3. The van der Waals surface area contributed by atoms with Gasteiger partial charge in [0.25, 0.3) is 0 Å². The second-order valence-corrected chi connectivity index (χ2v) is 21.4. The molecule has 2 aliphatic rings. The number of nitrogens with zero attached hydrogens (tertiary/aromatic N) is 13. The van der Waals surface area contributed by atoms with Gasteiger partial charge in [0.15, 0.2) is 46.8 Å². The number of aldehydes is 1. The van der Waals surface area contributed by atoms with E-state index in [9.17, 15) is 80.2 Å². The lowest BCUT2D eigenvalue weighted by Gasteiger charge is -2.27. The topological polar surface area (TPSA) is 240 Å². The van der Waals surface area contributed by atoms with Crippen molar-refractivity contribution in [3.8, 4) is 17.1 Å². The average molecular weight is 1470 g/mol. The third-order valence-corrected chi connectivity index (χ3v) is 15.0. The number of carbonyl (C=O) groups is 3. The number of anilines is 3. The van der Waals surface area contributed by atoms with E-state index in [2.05, 4.69) is 46.2 Å². The molecule has 528 valence electrons. The number of benzene rings is 4. The molecule has 0 spiro atoms. The molecule has 0 aliphatic carbocycles. The van der Waals surface area contributed by atoms with Gasteiger partial charge in [-0.15, -0.1) is 12.4 Å². The third kappa shape index (κ3) is 18.6. The molecule has 5 N–H and O–H groups in total. The molecule has 38 heteroatoms. The number of alkyl halides is 6. The van der Waals surface area contributed by atoms with E-state index in [1.165, 1.54) is 99.9 Å². The number of nitrogen functional groups attached to an aromatic ring is 1. The summed E-state index contributed by atoms with van der Waals surface area (Å²) in [5.74, 6) is -2.78. The Labute approximate surface area is 570 Å². The fourth-order valence-electron chi connectivity index (χ4n) is 9.43. The number of nitrogens with one attached hydrogen (secondary N) is 2. The number of amides is 1. The Morgan fingerprint density at radius 1 is 0.600 bits per heavy atom. The molecule has 0 saturated heterocycles. The number of fused-ring (bicyclic) bond motifs is 3. The predicted molar refractivity (Wildman–Crippen MR) is 336 cm³/mol. The van der Waals surface area contributed by atoms with E-state index in [1.54, 1.807) is 24.5 Å². The van der Waals surface area contributed by atoms with Gasteiger partial charge >= 0.3 is 18.3 Å². The van der Waals surface area contributed by atoms with E-state index in [4.69, 9.17) is 34.2 Å². The predicted octanol–water partition coefficient (Wildman–Crippen LogP) is 14.2. The molecule has 1 amide bonds. The lowest BCUT2D eigenvalue weighted by Crippen LogP contribution is -2.38. The minimum Gasteiger partial charge on any atom is -0.480 e. The first-order valence-electron chi connectivity index (χ1n) is 28.5. The smallest absolute Gasteiger partial charge is 0.436 e. The minimum atomic E-state index is -4.74. The molecule has 20 nitrogen and oxygen atoms in total. The van der Waals surface area contributed by atoms with E-state index >= 15 is 0 Å².